The molecule has 192 valence electrons. The molecule has 4 rings (SSSR count). The number of nitrogens with zero attached hydrogens (tertiary/aromatic N) is 2. The van der Waals surface area contributed by atoms with Crippen LogP contribution in [0.2, 0.25) is 0 Å². The highest BCUT2D eigenvalue weighted by molar-refractivity contribution is 7.90. The van der Waals surface area contributed by atoms with Crippen molar-refractivity contribution in [3.63, 3.8) is 0 Å². The van der Waals surface area contributed by atoms with Gasteiger partial charge in [-0.25, -0.2) is 12.4 Å². The molecule has 0 bridgehead atoms. The van der Waals surface area contributed by atoms with Crippen molar-refractivity contribution in [1.29, 1.82) is 0 Å². The molecule has 1 N–H and O–H groups in total. The van der Waals surface area contributed by atoms with Gasteiger partial charge >= 0.3 is 0 Å². The van der Waals surface area contributed by atoms with Gasteiger partial charge in [0.2, 0.25) is 5.75 Å². The van der Waals surface area contributed by atoms with Crippen molar-refractivity contribution in [3.8, 4) is 34.3 Å². The Kier molecular flexibility index (Phi) is 7.35. The van der Waals surface area contributed by atoms with Crippen LogP contribution in [0.3, 0.4) is 0 Å². The van der Waals surface area contributed by atoms with Gasteiger partial charge in [0.15, 0.2) is 11.5 Å². The van der Waals surface area contributed by atoms with Crippen LogP contribution in [0.4, 0.5) is 5.69 Å². The van der Waals surface area contributed by atoms with Crippen molar-refractivity contribution in [2.24, 2.45) is 0 Å². The number of aromatic nitrogens is 2. The van der Waals surface area contributed by atoms with Gasteiger partial charge in [0.05, 0.1) is 44.6 Å². The number of carbonyl (C=O) groups is 1. The van der Waals surface area contributed by atoms with Crippen LogP contribution in [-0.4, -0.2) is 51.7 Å². The van der Waals surface area contributed by atoms with E-state index in [0.717, 1.165) is 3.97 Å². The third-order valence-corrected chi connectivity index (χ3v) is 7.25. The zero-order chi connectivity index (χ0) is 26.6. The van der Waals surface area contributed by atoms with Gasteiger partial charge < -0.3 is 24.3 Å². The van der Waals surface area contributed by atoms with Gasteiger partial charge in [0, 0.05) is 29.8 Å². The van der Waals surface area contributed by atoms with Gasteiger partial charge in [-0.2, -0.15) is 0 Å². The molecule has 0 spiro atoms. The van der Waals surface area contributed by atoms with E-state index in [9.17, 15) is 13.2 Å². The summed E-state index contributed by atoms with van der Waals surface area (Å²) in [6.45, 7) is 0. The van der Waals surface area contributed by atoms with Crippen molar-refractivity contribution in [3.05, 3.63) is 78.8 Å². The Bertz CT molecular complexity index is 1490. The molecule has 10 nitrogen and oxygen atoms in total. The van der Waals surface area contributed by atoms with Crippen LogP contribution in [0.25, 0.3) is 11.3 Å². The second kappa shape index (κ2) is 10.6. The summed E-state index contributed by atoms with van der Waals surface area (Å²) in [5.41, 5.74) is 1.28. The lowest BCUT2D eigenvalue weighted by atomic mass is 10.1. The van der Waals surface area contributed by atoms with Crippen molar-refractivity contribution in [2.45, 2.75) is 4.90 Å². The molecule has 0 saturated heterocycles. The summed E-state index contributed by atoms with van der Waals surface area (Å²) in [5.74, 6) is 1.02. The number of amides is 1. The van der Waals surface area contributed by atoms with Crippen LogP contribution in [-0.2, 0) is 10.0 Å². The minimum atomic E-state index is -4.12. The molecular formula is C26H25N3O7S. The third kappa shape index (κ3) is 5.07. The van der Waals surface area contributed by atoms with Gasteiger partial charge in [-0.1, -0.05) is 0 Å². The number of carbonyl (C=O) groups excluding carboxylic acids is 1. The van der Waals surface area contributed by atoms with Crippen LogP contribution < -0.4 is 24.3 Å². The number of methoxy groups -OCH3 is 4. The second-order valence-corrected chi connectivity index (χ2v) is 9.51. The lowest BCUT2D eigenvalue weighted by molar-refractivity contribution is 0.102. The smallest absolute Gasteiger partial charge is 0.268 e. The van der Waals surface area contributed by atoms with E-state index in [-0.39, 0.29) is 16.2 Å². The molecule has 4 aromatic rings. The molecule has 0 aliphatic rings. The van der Waals surface area contributed by atoms with Crippen LogP contribution in [0.1, 0.15) is 10.4 Å². The van der Waals surface area contributed by atoms with E-state index in [4.69, 9.17) is 18.9 Å². The predicted octanol–water partition coefficient (Wildman–Crippen LogP) is 4.07. The van der Waals surface area contributed by atoms with Gasteiger partial charge in [0.25, 0.3) is 15.9 Å². The van der Waals surface area contributed by atoms with E-state index in [1.54, 1.807) is 36.4 Å². The first-order chi connectivity index (χ1) is 17.8. The molecule has 1 amide bonds. The predicted molar refractivity (Wildman–Crippen MR) is 137 cm³/mol. The standard InChI is InChI=1S/C26H25N3O7S/c1-33-20-5-7-21(8-6-20)37(31,32)29-16-18(26(30)28-19-9-11-27-12-10-19)13-22(29)17-14-23(34-2)25(36-4)24(15-17)35-3/h5-16H,1-4H3,(H,27,28,30). The number of benzene rings is 2. The quantitative estimate of drug-likeness (QED) is 0.349. The van der Waals surface area contributed by atoms with E-state index in [2.05, 4.69) is 10.3 Å². The summed E-state index contributed by atoms with van der Waals surface area (Å²) in [6, 6.07) is 13.9. The highest BCUT2D eigenvalue weighted by Gasteiger charge is 2.26. The maximum Gasteiger partial charge on any atom is 0.268 e. The molecular weight excluding hydrogens is 498 g/mol. The average Bonchev–Trinajstić information content (AvgIpc) is 3.39. The Balaban J connectivity index is 1.89. The van der Waals surface area contributed by atoms with E-state index in [1.165, 1.54) is 65.2 Å². The molecule has 0 aliphatic heterocycles. The molecule has 0 unspecified atom stereocenters. The topological polar surface area (TPSA) is 118 Å². The molecule has 2 aromatic carbocycles. The van der Waals surface area contributed by atoms with Crippen LogP contribution in [0.5, 0.6) is 23.0 Å². The fourth-order valence-corrected chi connectivity index (χ4v) is 5.08. The Labute approximate surface area is 214 Å². The first-order valence-electron chi connectivity index (χ1n) is 11.0. The van der Waals surface area contributed by atoms with E-state index in [1.807, 2.05) is 0 Å². The second-order valence-electron chi connectivity index (χ2n) is 7.69. The van der Waals surface area contributed by atoms with E-state index >= 15 is 0 Å². The van der Waals surface area contributed by atoms with Gasteiger partial charge in [-0.05, 0) is 54.6 Å². The molecule has 0 fully saturated rings. The highest BCUT2D eigenvalue weighted by Crippen LogP contribution is 2.42. The number of anilines is 1. The van der Waals surface area contributed by atoms with Crippen LogP contribution in [0, 0.1) is 0 Å². The molecule has 2 aromatic heterocycles. The first kappa shape index (κ1) is 25.6. The Morgan fingerprint density at radius 1 is 0.838 bits per heavy atom. The maximum atomic E-state index is 13.7. The first-order valence-corrected chi connectivity index (χ1v) is 12.4. The Morgan fingerprint density at radius 2 is 1.46 bits per heavy atom. The lowest BCUT2D eigenvalue weighted by Gasteiger charge is -2.16. The zero-order valence-corrected chi connectivity index (χ0v) is 21.4. The van der Waals surface area contributed by atoms with Gasteiger partial charge in [0.1, 0.15) is 5.75 Å². The summed E-state index contributed by atoms with van der Waals surface area (Å²) in [7, 11) is 1.76. The summed E-state index contributed by atoms with van der Waals surface area (Å²) >= 11 is 0. The Morgan fingerprint density at radius 3 is 2.00 bits per heavy atom. The minimum absolute atomic E-state index is 0.0127. The van der Waals surface area contributed by atoms with Gasteiger partial charge in [-0.15, -0.1) is 0 Å². The number of hydrogen-bond donors (Lipinski definition) is 1. The van der Waals surface area contributed by atoms with Gasteiger partial charge in [-0.3, -0.25) is 9.78 Å². The van der Waals surface area contributed by atoms with Crippen LogP contribution >= 0.6 is 0 Å². The van der Waals surface area contributed by atoms with Crippen molar-refractivity contribution in [2.75, 3.05) is 33.8 Å². The highest BCUT2D eigenvalue weighted by atomic mass is 32.2. The fraction of sp³-hybridized carbons (Fsp3) is 0.154. The molecule has 37 heavy (non-hydrogen) atoms. The average molecular weight is 524 g/mol. The molecule has 2 heterocycles. The number of nitrogens with one attached hydrogen (secondary N) is 1. The van der Waals surface area contributed by atoms with Crippen molar-refractivity contribution >= 4 is 21.6 Å². The molecule has 0 atom stereocenters. The summed E-state index contributed by atoms with van der Waals surface area (Å²) in [6.07, 6.45) is 4.35. The third-order valence-electron chi connectivity index (χ3n) is 5.56. The number of pyridine rings is 1. The lowest BCUT2D eigenvalue weighted by Crippen LogP contribution is -2.14. The normalized spacial score (nSPS) is 11.0. The summed E-state index contributed by atoms with van der Waals surface area (Å²) in [4.78, 5) is 17.0. The fourth-order valence-electron chi connectivity index (χ4n) is 3.71. The SMILES string of the molecule is COc1ccc(S(=O)(=O)n2cc(C(=O)Nc3ccncc3)cc2-c2cc(OC)c(OC)c(OC)c2)cc1. The Hall–Kier alpha value is -4.51. The largest absolute Gasteiger partial charge is 0.497 e. The minimum Gasteiger partial charge on any atom is -0.497 e. The summed E-state index contributed by atoms with van der Waals surface area (Å²) in [5, 5.41) is 2.75. The van der Waals surface area contributed by atoms with Crippen LogP contribution in [0.15, 0.2) is 78.1 Å². The molecule has 11 heteroatoms. The maximum absolute atomic E-state index is 13.7. The zero-order valence-electron chi connectivity index (χ0n) is 20.6. The van der Waals surface area contributed by atoms with Crippen molar-refractivity contribution in [1.82, 2.24) is 8.96 Å². The number of ether oxygens (including phenoxy) is 4. The molecule has 0 aliphatic carbocycles. The molecule has 0 saturated carbocycles. The van der Waals surface area contributed by atoms with E-state index < -0.39 is 15.9 Å². The number of hydrogen-bond acceptors (Lipinski definition) is 8. The number of rotatable bonds is 9. The monoisotopic (exact) mass is 523 g/mol. The molecule has 0 radical (unpaired) electrons. The van der Waals surface area contributed by atoms with Crippen molar-refractivity contribution < 1.29 is 32.2 Å². The summed E-state index contributed by atoms with van der Waals surface area (Å²) < 4.78 is 50.0. The van der Waals surface area contributed by atoms with E-state index in [0.29, 0.717) is 34.2 Å².